The predicted molar refractivity (Wildman–Crippen MR) is 71.9 cm³/mol. The van der Waals surface area contributed by atoms with Gasteiger partial charge in [-0.05, 0) is 35.9 Å². The summed E-state index contributed by atoms with van der Waals surface area (Å²) < 4.78 is 39.8. The van der Waals surface area contributed by atoms with Crippen LogP contribution in [0.1, 0.15) is 5.56 Å². The van der Waals surface area contributed by atoms with Crippen molar-refractivity contribution in [1.29, 1.82) is 0 Å². The van der Waals surface area contributed by atoms with Crippen molar-refractivity contribution >= 4 is 17.3 Å². The Kier molecular flexibility index (Phi) is 4.39. The van der Waals surface area contributed by atoms with Gasteiger partial charge in [-0.2, -0.15) is 0 Å². The number of anilines is 1. The van der Waals surface area contributed by atoms with E-state index >= 15 is 0 Å². The van der Waals surface area contributed by atoms with E-state index in [1.54, 1.807) is 24.3 Å². The maximum absolute atomic E-state index is 12.0. The third kappa shape index (κ3) is 4.66. The van der Waals surface area contributed by atoms with Crippen LogP contribution in [0.5, 0.6) is 5.75 Å². The number of ether oxygens (including phenoxy) is 1. The summed E-state index contributed by atoms with van der Waals surface area (Å²) in [6.07, 6.45) is -4.67. The quantitative estimate of drug-likeness (QED) is 0.871. The summed E-state index contributed by atoms with van der Waals surface area (Å²) in [6, 6.07) is 12.9. The molecule has 0 aliphatic heterocycles. The van der Waals surface area contributed by atoms with E-state index in [0.29, 0.717) is 11.6 Å². The molecule has 0 atom stereocenters. The molecular weight excluding hydrogens is 291 g/mol. The zero-order valence-corrected chi connectivity index (χ0v) is 11.0. The molecule has 0 amide bonds. The maximum Gasteiger partial charge on any atom is 0.573 e. The van der Waals surface area contributed by atoms with Crippen LogP contribution in [-0.4, -0.2) is 6.36 Å². The molecule has 106 valence electrons. The second-order valence-corrected chi connectivity index (χ2v) is 4.49. The molecule has 0 fully saturated rings. The van der Waals surface area contributed by atoms with Crippen molar-refractivity contribution in [3.63, 3.8) is 0 Å². The molecular formula is C14H11ClF3NO. The molecule has 0 saturated carbocycles. The molecule has 0 bridgehead atoms. The number of alkyl halides is 3. The standard InChI is InChI=1S/C14H11ClF3NO/c15-11-2-1-3-12(8-11)19-9-10-4-6-13(7-5-10)20-14(16,17)18/h1-8,19H,9H2. The molecule has 2 aromatic carbocycles. The van der Waals surface area contributed by atoms with Gasteiger partial charge >= 0.3 is 6.36 Å². The van der Waals surface area contributed by atoms with Gasteiger partial charge in [-0.25, -0.2) is 0 Å². The second-order valence-electron chi connectivity index (χ2n) is 4.06. The van der Waals surface area contributed by atoms with Crippen molar-refractivity contribution in [2.45, 2.75) is 12.9 Å². The number of nitrogens with one attached hydrogen (secondary N) is 1. The van der Waals surface area contributed by atoms with Crippen molar-refractivity contribution in [2.75, 3.05) is 5.32 Å². The molecule has 0 saturated heterocycles. The van der Waals surface area contributed by atoms with E-state index < -0.39 is 6.36 Å². The highest BCUT2D eigenvalue weighted by molar-refractivity contribution is 6.30. The van der Waals surface area contributed by atoms with Crippen molar-refractivity contribution < 1.29 is 17.9 Å². The van der Waals surface area contributed by atoms with E-state index in [2.05, 4.69) is 10.1 Å². The van der Waals surface area contributed by atoms with E-state index in [4.69, 9.17) is 11.6 Å². The summed E-state index contributed by atoms with van der Waals surface area (Å²) in [5, 5.41) is 3.74. The highest BCUT2D eigenvalue weighted by Crippen LogP contribution is 2.23. The minimum absolute atomic E-state index is 0.232. The van der Waals surface area contributed by atoms with E-state index in [1.165, 1.54) is 12.1 Å². The van der Waals surface area contributed by atoms with Crippen LogP contribution in [0, 0.1) is 0 Å². The Morgan fingerprint density at radius 1 is 1.05 bits per heavy atom. The van der Waals surface area contributed by atoms with Crippen LogP contribution < -0.4 is 10.1 Å². The lowest BCUT2D eigenvalue weighted by atomic mass is 10.2. The summed E-state index contributed by atoms with van der Waals surface area (Å²) in [4.78, 5) is 0. The van der Waals surface area contributed by atoms with Crippen molar-refractivity contribution in [1.82, 2.24) is 0 Å². The number of benzene rings is 2. The molecule has 0 radical (unpaired) electrons. The van der Waals surface area contributed by atoms with Crippen LogP contribution in [0.25, 0.3) is 0 Å². The van der Waals surface area contributed by atoms with E-state index in [-0.39, 0.29) is 5.75 Å². The van der Waals surface area contributed by atoms with Crippen LogP contribution in [0.4, 0.5) is 18.9 Å². The lowest BCUT2D eigenvalue weighted by Gasteiger charge is -2.10. The summed E-state index contributed by atoms with van der Waals surface area (Å²) in [5.74, 6) is -0.232. The van der Waals surface area contributed by atoms with Crippen LogP contribution in [0.3, 0.4) is 0 Å². The van der Waals surface area contributed by atoms with Gasteiger partial charge in [-0.1, -0.05) is 29.8 Å². The predicted octanol–water partition coefficient (Wildman–Crippen LogP) is 4.85. The monoisotopic (exact) mass is 301 g/mol. The van der Waals surface area contributed by atoms with Crippen LogP contribution in [0.2, 0.25) is 5.02 Å². The molecule has 2 nitrogen and oxygen atoms in total. The highest BCUT2D eigenvalue weighted by atomic mass is 35.5. The summed E-state index contributed by atoms with van der Waals surface area (Å²) in [5.41, 5.74) is 1.67. The van der Waals surface area contributed by atoms with Gasteiger partial charge < -0.3 is 10.1 Å². The molecule has 0 aliphatic carbocycles. The SMILES string of the molecule is FC(F)(F)Oc1ccc(CNc2cccc(Cl)c2)cc1. The zero-order chi connectivity index (χ0) is 14.6. The minimum atomic E-state index is -4.67. The van der Waals surface area contributed by atoms with Gasteiger partial charge in [-0.3, -0.25) is 0 Å². The first kappa shape index (κ1) is 14.5. The number of hydrogen-bond donors (Lipinski definition) is 1. The fraction of sp³-hybridized carbons (Fsp3) is 0.143. The first-order chi connectivity index (χ1) is 9.42. The van der Waals surface area contributed by atoms with Crippen LogP contribution in [-0.2, 0) is 6.54 Å². The Morgan fingerprint density at radius 3 is 2.35 bits per heavy atom. The van der Waals surface area contributed by atoms with Crippen molar-refractivity contribution in [3.05, 3.63) is 59.1 Å². The zero-order valence-electron chi connectivity index (χ0n) is 10.2. The first-order valence-corrected chi connectivity index (χ1v) is 6.14. The minimum Gasteiger partial charge on any atom is -0.406 e. The first-order valence-electron chi connectivity index (χ1n) is 5.76. The number of halogens is 4. The number of rotatable bonds is 4. The van der Waals surface area contributed by atoms with Crippen LogP contribution in [0.15, 0.2) is 48.5 Å². The molecule has 20 heavy (non-hydrogen) atoms. The van der Waals surface area contributed by atoms with E-state index in [1.807, 2.05) is 12.1 Å². The Labute approximate surface area is 119 Å². The third-order valence-corrected chi connectivity index (χ3v) is 2.71. The van der Waals surface area contributed by atoms with Gasteiger partial charge in [0.25, 0.3) is 0 Å². The van der Waals surface area contributed by atoms with E-state index in [9.17, 15) is 13.2 Å². The molecule has 1 N–H and O–H groups in total. The lowest BCUT2D eigenvalue weighted by Crippen LogP contribution is -2.17. The summed E-state index contributed by atoms with van der Waals surface area (Å²) >= 11 is 5.85. The molecule has 0 spiro atoms. The molecule has 6 heteroatoms. The fourth-order valence-corrected chi connectivity index (χ4v) is 1.80. The van der Waals surface area contributed by atoms with Gasteiger partial charge in [0.2, 0.25) is 0 Å². The highest BCUT2D eigenvalue weighted by Gasteiger charge is 2.30. The van der Waals surface area contributed by atoms with E-state index in [0.717, 1.165) is 11.3 Å². The molecule has 2 rings (SSSR count). The fourth-order valence-electron chi connectivity index (χ4n) is 1.61. The summed E-state index contributed by atoms with van der Waals surface area (Å²) in [7, 11) is 0. The number of hydrogen-bond acceptors (Lipinski definition) is 2. The lowest BCUT2D eigenvalue weighted by molar-refractivity contribution is -0.274. The Morgan fingerprint density at radius 2 is 1.75 bits per heavy atom. The van der Waals surface area contributed by atoms with Gasteiger partial charge in [0.05, 0.1) is 0 Å². The largest absolute Gasteiger partial charge is 0.573 e. The Hall–Kier alpha value is -1.88. The average molecular weight is 302 g/mol. The molecule has 2 aromatic rings. The molecule has 0 aliphatic rings. The smallest absolute Gasteiger partial charge is 0.406 e. The van der Waals surface area contributed by atoms with Gasteiger partial charge in [0, 0.05) is 17.3 Å². The van der Waals surface area contributed by atoms with Gasteiger partial charge in [0.1, 0.15) is 5.75 Å². The molecule has 0 heterocycles. The normalized spacial score (nSPS) is 11.2. The Balaban J connectivity index is 1.94. The van der Waals surface area contributed by atoms with Crippen molar-refractivity contribution in [3.8, 4) is 5.75 Å². The third-order valence-electron chi connectivity index (χ3n) is 2.48. The van der Waals surface area contributed by atoms with Gasteiger partial charge in [0.15, 0.2) is 0 Å². The van der Waals surface area contributed by atoms with Crippen molar-refractivity contribution in [2.24, 2.45) is 0 Å². The summed E-state index contributed by atoms with van der Waals surface area (Å²) in [6.45, 7) is 0.479. The molecule has 0 unspecified atom stereocenters. The average Bonchev–Trinajstić information content (AvgIpc) is 2.36. The Bertz CT molecular complexity index is 569. The second kappa shape index (κ2) is 6.05. The van der Waals surface area contributed by atoms with Crippen LogP contribution >= 0.6 is 11.6 Å². The molecule has 0 aromatic heterocycles. The topological polar surface area (TPSA) is 21.3 Å². The maximum atomic E-state index is 12.0. The van der Waals surface area contributed by atoms with Gasteiger partial charge in [-0.15, -0.1) is 13.2 Å².